The maximum atomic E-state index is 3.79. The Morgan fingerprint density at radius 3 is 2.50 bits per heavy atom. The Balaban J connectivity index is 2.43. The van der Waals surface area contributed by atoms with Gasteiger partial charge in [-0.3, -0.25) is 0 Å². The highest BCUT2D eigenvalue weighted by Crippen LogP contribution is 2.31. The summed E-state index contributed by atoms with van der Waals surface area (Å²) >= 11 is 0. The molecule has 1 aliphatic rings. The summed E-state index contributed by atoms with van der Waals surface area (Å²) in [6.07, 6.45) is 3.72. The van der Waals surface area contributed by atoms with Crippen LogP contribution in [0.3, 0.4) is 0 Å². The molecule has 1 aromatic rings. The van der Waals surface area contributed by atoms with E-state index in [1.54, 1.807) is 0 Å². The average Bonchev–Trinajstić information content (AvgIpc) is 2.14. The molecule has 1 heterocycles. The molecule has 1 heteroatoms. The van der Waals surface area contributed by atoms with Crippen LogP contribution in [0.25, 0.3) is 0 Å². The molecule has 0 radical (unpaired) electrons. The molecule has 0 fully saturated rings. The van der Waals surface area contributed by atoms with Crippen molar-refractivity contribution >= 4 is 0 Å². The van der Waals surface area contributed by atoms with Gasteiger partial charge in [0.15, 0.2) is 0 Å². The standard InChI is InChI=1S/C15H23N/c1-14(2)11-7-9-12-8-5-6-10-13(12)15(3,4)16-14/h5-6,8,10,16H,7,9,11H2,1-4H3. The van der Waals surface area contributed by atoms with E-state index in [0.717, 1.165) is 0 Å². The normalized spacial score (nSPS) is 23.0. The van der Waals surface area contributed by atoms with Gasteiger partial charge in [0.1, 0.15) is 0 Å². The minimum absolute atomic E-state index is 0.0700. The third kappa shape index (κ3) is 2.30. The van der Waals surface area contributed by atoms with E-state index in [-0.39, 0.29) is 11.1 Å². The number of aryl methyl sites for hydroxylation is 1. The van der Waals surface area contributed by atoms with Crippen molar-refractivity contribution < 1.29 is 0 Å². The fraction of sp³-hybridized carbons (Fsp3) is 0.600. The fourth-order valence-corrected chi connectivity index (χ4v) is 3.04. The van der Waals surface area contributed by atoms with Crippen LogP contribution in [0, 0.1) is 0 Å². The first-order chi connectivity index (χ1) is 7.41. The van der Waals surface area contributed by atoms with Crippen LogP contribution < -0.4 is 5.32 Å². The largest absolute Gasteiger partial charge is 0.303 e. The molecule has 0 amide bonds. The van der Waals surface area contributed by atoms with Crippen LogP contribution >= 0.6 is 0 Å². The number of hydrogen-bond donors (Lipinski definition) is 1. The predicted octanol–water partition coefficient (Wildman–Crippen LogP) is 3.63. The van der Waals surface area contributed by atoms with Crippen molar-refractivity contribution in [3.8, 4) is 0 Å². The molecule has 0 spiro atoms. The molecule has 0 bridgehead atoms. The zero-order chi connectivity index (χ0) is 11.8. The molecule has 1 aliphatic heterocycles. The van der Waals surface area contributed by atoms with Crippen LogP contribution in [0.1, 0.15) is 51.7 Å². The second-order valence-corrected chi connectivity index (χ2v) is 6.14. The lowest BCUT2D eigenvalue weighted by molar-refractivity contribution is 0.241. The molecular formula is C15H23N. The molecule has 1 N–H and O–H groups in total. The van der Waals surface area contributed by atoms with Crippen molar-refractivity contribution in [2.45, 2.75) is 58.0 Å². The molecule has 0 saturated carbocycles. The molecule has 88 valence electrons. The Morgan fingerprint density at radius 2 is 1.75 bits per heavy atom. The maximum absolute atomic E-state index is 3.79. The Kier molecular flexibility index (Phi) is 2.83. The van der Waals surface area contributed by atoms with Crippen LogP contribution in [0.5, 0.6) is 0 Å². The number of hydrogen-bond acceptors (Lipinski definition) is 1. The zero-order valence-electron chi connectivity index (χ0n) is 10.9. The first kappa shape index (κ1) is 11.7. The lowest BCUT2D eigenvalue weighted by Crippen LogP contribution is -2.51. The molecule has 0 aromatic heterocycles. The van der Waals surface area contributed by atoms with Gasteiger partial charge in [0, 0.05) is 11.1 Å². The van der Waals surface area contributed by atoms with Crippen LogP contribution in [-0.2, 0) is 12.0 Å². The third-order valence-electron chi connectivity index (χ3n) is 3.59. The smallest absolute Gasteiger partial charge is 0.0384 e. The van der Waals surface area contributed by atoms with Gasteiger partial charge in [-0.15, -0.1) is 0 Å². The molecule has 0 atom stereocenters. The van der Waals surface area contributed by atoms with Gasteiger partial charge in [-0.2, -0.15) is 0 Å². The van der Waals surface area contributed by atoms with Crippen LogP contribution in [0.4, 0.5) is 0 Å². The SMILES string of the molecule is CC1(C)CCCc2ccccc2C(C)(C)N1. The van der Waals surface area contributed by atoms with Crippen LogP contribution in [0.15, 0.2) is 24.3 Å². The van der Waals surface area contributed by atoms with Crippen molar-refractivity contribution in [3.05, 3.63) is 35.4 Å². The minimum Gasteiger partial charge on any atom is -0.303 e. The summed E-state index contributed by atoms with van der Waals surface area (Å²) in [5.41, 5.74) is 3.27. The van der Waals surface area contributed by atoms with Gasteiger partial charge in [-0.1, -0.05) is 24.3 Å². The van der Waals surface area contributed by atoms with Gasteiger partial charge in [0.05, 0.1) is 0 Å². The summed E-state index contributed by atoms with van der Waals surface area (Å²) in [6, 6.07) is 8.85. The number of rotatable bonds is 0. The fourth-order valence-electron chi connectivity index (χ4n) is 3.04. The first-order valence-corrected chi connectivity index (χ1v) is 6.28. The Hall–Kier alpha value is -0.820. The zero-order valence-corrected chi connectivity index (χ0v) is 10.9. The first-order valence-electron chi connectivity index (χ1n) is 6.28. The van der Waals surface area contributed by atoms with E-state index in [2.05, 4.69) is 57.3 Å². The monoisotopic (exact) mass is 217 g/mol. The average molecular weight is 217 g/mol. The summed E-state index contributed by atoms with van der Waals surface area (Å²) in [4.78, 5) is 0. The van der Waals surface area contributed by atoms with E-state index in [1.807, 2.05) is 0 Å². The predicted molar refractivity (Wildman–Crippen MR) is 69.6 cm³/mol. The van der Waals surface area contributed by atoms with Gasteiger partial charge >= 0.3 is 0 Å². The Bertz CT molecular complexity index is 377. The highest BCUT2D eigenvalue weighted by Gasteiger charge is 2.31. The molecular weight excluding hydrogens is 194 g/mol. The molecule has 0 saturated heterocycles. The molecule has 16 heavy (non-hydrogen) atoms. The summed E-state index contributed by atoms with van der Waals surface area (Å²) in [5.74, 6) is 0. The highest BCUT2D eigenvalue weighted by molar-refractivity contribution is 5.34. The summed E-state index contributed by atoms with van der Waals surface area (Å²) in [5, 5.41) is 3.79. The van der Waals surface area contributed by atoms with Gasteiger partial charge in [-0.25, -0.2) is 0 Å². The molecule has 0 aliphatic carbocycles. The molecule has 1 nitrogen and oxygen atoms in total. The second-order valence-electron chi connectivity index (χ2n) is 6.14. The van der Waals surface area contributed by atoms with Crippen molar-refractivity contribution in [1.82, 2.24) is 5.32 Å². The van der Waals surface area contributed by atoms with Gasteiger partial charge in [-0.05, 0) is 58.1 Å². The number of nitrogens with one attached hydrogen (secondary N) is 1. The van der Waals surface area contributed by atoms with E-state index in [1.165, 1.54) is 30.4 Å². The van der Waals surface area contributed by atoms with Gasteiger partial charge in [0.2, 0.25) is 0 Å². The maximum Gasteiger partial charge on any atom is 0.0384 e. The van der Waals surface area contributed by atoms with E-state index in [9.17, 15) is 0 Å². The van der Waals surface area contributed by atoms with Gasteiger partial charge < -0.3 is 5.32 Å². The van der Waals surface area contributed by atoms with Crippen LogP contribution in [0.2, 0.25) is 0 Å². The number of fused-ring (bicyclic) bond motifs is 1. The van der Waals surface area contributed by atoms with E-state index >= 15 is 0 Å². The topological polar surface area (TPSA) is 12.0 Å². The number of benzene rings is 1. The van der Waals surface area contributed by atoms with Crippen LogP contribution in [-0.4, -0.2) is 5.54 Å². The summed E-state index contributed by atoms with van der Waals surface area (Å²) in [6.45, 7) is 9.20. The Morgan fingerprint density at radius 1 is 1.06 bits per heavy atom. The lowest BCUT2D eigenvalue weighted by atomic mass is 9.81. The van der Waals surface area contributed by atoms with E-state index < -0.39 is 0 Å². The molecule has 0 unspecified atom stereocenters. The molecule has 1 aromatic carbocycles. The minimum atomic E-state index is 0.0700. The molecule has 2 rings (SSSR count). The van der Waals surface area contributed by atoms with Crippen molar-refractivity contribution in [2.24, 2.45) is 0 Å². The van der Waals surface area contributed by atoms with E-state index in [4.69, 9.17) is 0 Å². The third-order valence-corrected chi connectivity index (χ3v) is 3.59. The summed E-state index contributed by atoms with van der Waals surface area (Å²) < 4.78 is 0. The quantitative estimate of drug-likeness (QED) is 0.700. The Labute approximate surface area is 99.3 Å². The lowest BCUT2D eigenvalue weighted by Gasteiger charge is -2.40. The van der Waals surface area contributed by atoms with E-state index in [0.29, 0.717) is 0 Å². The highest BCUT2D eigenvalue weighted by atomic mass is 15.0. The second kappa shape index (κ2) is 3.89. The van der Waals surface area contributed by atoms with Gasteiger partial charge in [0.25, 0.3) is 0 Å². The van der Waals surface area contributed by atoms with Crippen molar-refractivity contribution in [3.63, 3.8) is 0 Å². The summed E-state index contributed by atoms with van der Waals surface area (Å²) in [7, 11) is 0. The van der Waals surface area contributed by atoms with Crippen molar-refractivity contribution in [2.75, 3.05) is 0 Å². The van der Waals surface area contributed by atoms with Crippen molar-refractivity contribution in [1.29, 1.82) is 0 Å².